The molecule has 0 aliphatic heterocycles. The van der Waals surface area contributed by atoms with E-state index in [4.69, 9.17) is 9.63 Å². The summed E-state index contributed by atoms with van der Waals surface area (Å²) < 4.78 is 31.9. The van der Waals surface area contributed by atoms with Gasteiger partial charge in [-0.15, -0.1) is 0 Å². The maximum atomic E-state index is 13.4. The number of anilines is 2. The van der Waals surface area contributed by atoms with Crippen molar-refractivity contribution in [1.29, 1.82) is 0 Å². The first-order valence-corrected chi connectivity index (χ1v) is 10.9. The number of pyridine rings is 1. The lowest BCUT2D eigenvalue weighted by atomic mass is 10.1. The molecular formula is C24H25F2N5O5. The van der Waals surface area contributed by atoms with Crippen molar-refractivity contribution in [1.82, 2.24) is 15.0 Å². The van der Waals surface area contributed by atoms with Gasteiger partial charge in [0.15, 0.2) is 5.76 Å². The van der Waals surface area contributed by atoms with Crippen molar-refractivity contribution in [3.8, 4) is 0 Å². The number of aliphatic carboxylic acids is 1. The second-order valence-electron chi connectivity index (χ2n) is 8.21. The van der Waals surface area contributed by atoms with Crippen molar-refractivity contribution >= 4 is 29.4 Å². The molecular weight excluding hydrogens is 476 g/mol. The van der Waals surface area contributed by atoms with Crippen LogP contribution in [0.15, 0.2) is 53.2 Å². The van der Waals surface area contributed by atoms with Gasteiger partial charge in [-0.25, -0.2) is 14.6 Å². The molecule has 0 fully saturated rings. The molecule has 0 saturated carbocycles. The minimum absolute atomic E-state index is 0.0123. The van der Waals surface area contributed by atoms with Gasteiger partial charge in [0.1, 0.15) is 5.82 Å². The number of likely N-dealkylation sites (N-methyl/N-ethyl adjacent to an activating group) is 1. The van der Waals surface area contributed by atoms with Gasteiger partial charge in [-0.05, 0) is 37.1 Å². The first kappa shape index (κ1) is 26.3. The van der Waals surface area contributed by atoms with Crippen LogP contribution in [0.2, 0.25) is 0 Å². The lowest BCUT2D eigenvalue weighted by Gasteiger charge is -2.22. The summed E-state index contributed by atoms with van der Waals surface area (Å²) in [4.78, 5) is 41.0. The quantitative estimate of drug-likeness (QED) is 0.402. The van der Waals surface area contributed by atoms with E-state index in [9.17, 15) is 23.2 Å². The Labute approximate surface area is 205 Å². The number of hydrogen-bond donors (Lipinski definition) is 3. The third kappa shape index (κ3) is 6.62. The zero-order valence-electron chi connectivity index (χ0n) is 19.8. The number of nitrogens with one attached hydrogen (secondary N) is 2. The van der Waals surface area contributed by atoms with Crippen LogP contribution in [0.4, 0.5) is 25.1 Å². The van der Waals surface area contributed by atoms with Crippen LogP contribution in [0, 0.1) is 6.92 Å². The van der Waals surface area contributed by atoms with E-state index in [2.05, 4.69) is 20.8 Å². The molecule has 3 rings (SSSR count). The standard InChI is InChI=1S/C24H25F2N5O5/c1-14-6-4-5-7-18(14)28-23(35)29-20-9-8-16(13-27-20)10-21(32)31(3)15(2)19-11-17(30-36-19)12-24(25,26)22(33)34/h4-9,11,13,15H,10,12H2,1-3H3,(H,33,34)(H2,27,28,29,35). The van der Waals surface area contributed by atoms with Crippen LogP contribution in [-0.2, 0) is 22.4 Å². The summed E-state index contributed by atoms with van der Waals surface area (Å²) in [6.07, 6.45) is 0.327. The molecule has 0 aliphatic rings. The molecule has 12 heteroatoms. The predicted molar refractivity (Wildman–Crippen MR) is 126 cm³/mol. The molecule has 1 unspecified atom stereocenters. The van der Waals surface area contributed by atoms with Crippen molar-refractivity contribution in [3.05, 3.63) is 71.2 Å². The first-order valence-electron chi connectivity index (χ1n) is 10.9. The molecule has 2 heterocycles. The highest BCUT2D eigenvalue weighted by Gasteiger charge is 2.40. The molecule has 10 nitrogen and oxygen atoms in total. The number of urea groups is 1. The number of rotatable bonds is 9. The zero-order chi connectivity index (χ0) is 26.5. The van der Waals surface area contributed by atoms with Crippen LogP contribution in [0.25, 0.3) is 0 Å². The van der Waals surface area contributed by atoms with Gasteiger partial charge in [-0.1, -0.05) is 29.4 Å². The molecule has 3 amide bonds. The largest absolute Gasteiger partial charge is 0.477 e. The fourth-order valence-electron chi connectivity index (χ4n) is 3.20. The summed E-state index contributed by atoms with van der Waals surface area (Å²) in [6.45, 7) is 3.49. The number of benzene rings is 1. The Bertz CT molecular complexity index is 1250. The van der Waals surface area contributed by atoms with Crippen LogP contribution in [0.1, 0.15) is 35.5 Å². The van der Waals surface area contributed by atoms with Crippen LogP contribution >= 0.6 is 0 Å². The SMILES string of the molecule is Cc1ccccc1NC(=O)Nc1ccc(CC(=O)N(C)C(C)c2cc(CC(F)(F)C(=O)O)no2)cn1. The second-order valence-corrected chi connectivity index (χ2v) is 8.21. The fraction of sp³-hybridized carbons (Fsp3) is 0.292. The van der Waals surface area contributed by atoms with E-state index in [0.29, 0.717) is 17.1 Å². The molecule has 0 spiro atoms. The normalized spacial score (nSPS) is 12.0. The van der Waals surface area contributed by atoms with E-state index in [1.165, 1.54) is 24.2 Å². The van der Waals surface area contributed by atoms with Crippen LogP contribution in [0.3, 0.4) is 0 Å². The first-order chi connectivity index (χ1) is 17.0. The number of aromatic nitrogens is 2. The maximum Gasteiger partial charge on any atom is 0.374 e. The summed E-state index contributed by atoms with van der Waals surface area (Å²) in [7, 11) is 1.51. The Kier molecular flexibility index (Phi) is 7.97. The van der Waals surface area contributed by atoms with Crippen LogP contribution in [-0.4, -0.2) is 51.0 Å². The van der Waals surface area contributed by atoms with Crippen LogP contribution in [0.5, 0.6) is 0 Å². The van der Waals surface area contributed by atoms with Gasteiger partial charge in [-0.3, -0.25) is 10.1 Å². The molecule has 36 heavy (non-hydrogen) atoms. The predicted octanol–water partition coefficient (Wildman–Crippen LogP) is 4.05. The van der Waals surface area contributed by atoms with Gasteiger partial charge in [0.2, 0.25) is 5.91 Å². The lowest BCUT2D eigenvalue weighted by Crippen LogP contribution is -2.31. The number of carboxylic acid groups (broad SMARTS) is 1. The van der Waals surface area contributed by atoms with E-state index >= 15 is 0 Å². The summed E-state index contributed by atoms with van der Waals surface area (Å²) in [5.74, 6) is -6.11. The minimum atomic E-state index is -3.98. The number of halogens is 2. The number of carbonyl (C=O) groups is 3. The highest BCUT2D eigenvalue weighted by atomic mass is 19.3. The number of carboxylic acids is 1. The molecule has 3 N–H and O–H groups in total. The number of para-hydroxylation sites is 1. The Morgan fingerprint density at radius 3 is 2.53 bits per heavy atom. The molecule has 1 atom stereocenters. The number of hydrogen-bond acceptors (Lipinski definition) is 6. The van der Waals surface area contributed by atoms with Gasteiger partial charge < -0.3 is 19.8 Å². The second kappa shape index (κ2) is 10.9. The highest BCUT2D eigenvalue weighted by Crippen LogP contribution is 2.25. The molecule has 0 saturated heterocycles. The maximum absolute atomic E-state index is 13.4. The van der Waals surface area contributed by atoms with E-state index < -0.39 is 30.4 Å². The van der Waals surface area contributed by atoms with E-state index in [1.807, 2.05) is 25.1 Å². The van der Waals surface area contributed by atoms with Crippen molar-refractivity contribution in [2.45, 2.75) is 38.7 Å². The zero-order valence-corrected chi connectivity index (χ0v) is 19.8. The highest BCUT2D eigenvalue weighted by molar-refractivity contribution is 5.99. The summed E-state index contributed by atoms with van der Waals surface area (Å²) in [6, 6.07) is 10.6. The van der Waals surface area contributed by atoms with E-state index in [-0.39, 0.29) is 23.8 Å². The lowest BCUT2D eigenvalue weighted by molar-refractivity contribution is -0.164. The Balaban J connectivity index is 1.55. The smallest absolute Gasteiger partial charge is 0.374 e. The third-order valence-electron chi connectivity index (χ3n) is 5.49. The van der Waals surface area contributed by atoms with Gasteiger partial charge in [0, 0.05) is 25.0 Å². The Morgan fingerprint density at radius 1 is 1.17 bits per heavy atom. The number of carbonyl (C=O) groups excluding carboxylic acids is 2. The van der Waals surface area contributed by atoms with Gasteiger partial charge in [-0.2, -0.15) is 8.78 Å². The number of amides is 3. The Hall–Kier alpha value is -4.35. The third-order valence-corrected chi connectivity index (χ3v) is 5.49. The van der Waals surface area contributed by atoms with Crippen molar-refractivity contribution in [2.75, 3.05) is 17.7 Å². The molecule has 3 aromatic rings. The molecule has 0 radical (unpaired) electrons. The van der Waals surface area contributed by atoms with Gasteiger partial charge in [0.25, 0.3) is 0 Å². The monoisotopic (exact) mass is 501 g/mol. The average molecular weight is 501 g/mol. The van der Waals surface area contributed by atoms with Crippen molar-refractivity contribution in [2.24, 2.45) is 0 Å². The van der Waals surface area contributed by atoms with E-state index in [0.717, 1.165) is 5.56 Å². The minimum Gasteiger partial charge on any atom is -0.477 e. The molecule has 1 aromatic carbocycles. The average Bonchev–Trinajstić information content (AvgIpc) is 3.28. The Morgan fingerprint density at radius 2 is 1.89 bits per heavy atom. The van der Waals surface area contributed by atoms with Crippen molar-refractivity contribution < 1.29 is 32.8 Å². The molecule has 0 bridgehead atoms. The summed E-state index contributed by atoms with van der Waals surface area (Å²) in [5, 5.41) is 17.4. The number of aryl methyl sites for hydroxylation is 1. The van der Waals surface area contributed by atoms with E-state index in [1.54, 1.807) is 25.1 Å². The number of alkyl halides is 2. The fourth-order valence-corrected chi connectivity index (χ4v) is 3.20. The number of nitrogens with zero attached hydrogens (tertiary/aromatic N) is 3. The topological polar surface area (TPSA) is 138 Å². The molecule has 0 aliphatic carbocycles. The molecule has 2 aromatic heterocycles. The van der Waals surface area contributed by atoms with Crippen molar-refractivity contribution in [3.63, 3.8) is 0 Å². The summed E-state index contributed by atoms with van der Waals surface area (Å²) in [5.41, 5.74) is 1.93. The molecule has 190 valence electrons. The van der Waals surface area contributed by atoms with Gasteiger partial charge >= 0.3 is 17.9 Å². The summed E-state index contributed by atoms with van der Waals surface area (Å²) >= 11 is 0. The van der Waals surface area contributed by atoms with Gasteiger partial charge in [0.05, 0.1) is 24.6 Å². The van der Waals surface area contributed by atoms with Crippen LogP contribution < -0.4 is 10.6 Å².